The van der Waals surface area contributed by atoms with Crippen LogP contribution in [0.3, 0.4) is 0 Å². The van der Waals surface area contributed by atoms with Crippen LogP contribution in [0.1, 0.15) is 32.7 Å². The molecule has 0 aliphatic heterocycles. The maximum atomic E-state index is 12.7. The Balaban J connectivity index is 2.21. The van der Waals surface area contributed by atoms with E-state index in [0.29, 0.717) is 16.9 Å². The van der Waals surface area contributed by atoms with Crippen molar-refractivity contribution in [1.29, 1.82) is 0 Å². The van der Waals surface area contributed by atoms with Crippen LogP contribution in [0.5, 0.6) is 5.75 Å². The van der Waals surface area contributed by atoms with E-state index in [1.54, 1.807) is 48.5 Å². The van der Waals surface area contributed by atoms with Crippen molar-refractivity contribution < 1.29 is 23.9 Å². The van der Waals surface area contributed by atoms with Gasteiger partial charge in [-0.05, 0) is 31.2 Å². The molecule has 1 unspecified atom stereocenters. The number of hydrogen-bond acceptors (Lipinski definition) is 5. The molecule has 25 heavy (non-hydrogen) atoms. The molecule has 2 aromatic carbocycles. The fourth-order valence-electron chi connectivity index (χ4n) is 2.42. The summed E-state index contributed by atoms with van der Waals surface area (Å²) in [6.07, 6.45) is -0.244. The van der Waals surface area contributed by atoms with E-state index in [9.17, 15) is 14.4 Å². The van der Waals surface area contributed by atoms with Crippen LogP contribution in [0.25, 0.3) is 0 Å². The number of esters is 1. The van der Waals surface area contributed by atoms with Crippen molar-refractivity contribution in [2.75, 3.05) is 14.2 Å². The summed E-state index contributed by atoms with van der Waals surface area (Å²) in [5.41, 5.74) is 1.79. The molecule has 0 radical (unpaired) electrons. The summed E-state index contributed by atoms with van der Waals surface area (Å²) in [5, 5.41) is 0. The highest BCUT2D eigenvalue weighted by Crippen LogP contribution is 2.19. The fourth-order valence-corrected chi connectivity index (χ4v) is 2.42. The van der Waals surface area contributed by atoms with Gasteiger partial charge in [0.15, 0.2) is 11.6 Å². The molecule has 5 heteroatoms. The second kappa shape index (κ2) is 8.24. The number of ketones is 2. The van der Waals surface area contributed by atoms with Crippen molar-refractivity contribution in [2.45, 2.75) is 13.3 Å². The van der Waals surface area contributed by atoms with E-state index in [1.165, 1.54) is 14.2 Å². The standard InChI is InChI=1S/C20H20O5/c1-13-4-6-15(7-5-13)19(22)17(20(23)25-3)12-18(21)14-8-10-16(24-2)11-9-14/h4-11,17H,12H2,1-3H3. The number of Topliss-reactive ketones (excluding diaryl/α,β-unsaturated/α-hetero) is 2. The first-order valence-electron chi connectivity index (χ1n) is 7.82. The molecule has 1 atom stereocenters. The van der Waals surface area contributed by atoms with E-state index in [2.05, 4.69) is 0 Å². The Kier molecular flexibility index (Phi) is 6.06. The maximum absolute atomic E-state index is 12.7. The Morgan fingerprint density at radius 3 is 1.96 bits per heavy atom. The molecule has 0 bridgehead atoms. The van der Waals surface area contributed by atoms with Gasteiger partial charge < -0.3 is 9.47 Å². The highest BCUT2D eigenvalue weighted by molar-refractivity contribution is 6.12. The smallest absolute Gasteiger partial charge is 0.317 e. The lowest BCUT2D eigenvalue weighted by Crippen LogP contribution is -2.28. The molecule has 0 aliphatic rings. The third kappa shape index (κ3) is 4.53. The monoisotopic (exact) mass is 340 g/mol. The topological polar surface area (TPSA) is 69.7 Å². The molecule has 5 nitrogen and oxygen atoms in total. The van der Waals surface area contributed by atoms with Crippen molar-refractivity contribution in [2.24, 2.45) is 5.92 Å². The molecule has 2 aromatic rings. The summed E-state index contributed by atoms with van der Waals surface area (Å²) in [7, 11) is 2.74. The SMILES string of the molecule is COC(=O)C(CC(=O)c1ccc(OC)cc1)C(=O)c1ccc(C)cc1. The predicted molar refractivity (Wildman–Crippen MR) is 93.0 cm³/mol. The van der Waals surface area contributed by atoms with Crippen LogP contribution in [0.15, 0.2) is 48.5 Å². The minimum Gasteiger partial charge on any atom is -0.497 e. The quantitative estimate of drug-likeness (QED) is 0.440. The van der Waals surface area contributed by atoms with Crippen LogP contribution in [-0.2, 0) is 9.53 Å². The Labute approximate surface area is 146 Å². The van der Waals surface area contributed by atoms with Crippen molar-refractivity contribution in [3.8, 4) is 5.75 Å². The lowest BCUT2D eigenvalue weighted by atomic mass is 9.90. The summed E-state index contributed by atoms with van der Waals surface area (Å²) in [6.45, 7) is 1.90. The lowest BCUT2D eigenvalue weighted by Gasteiger charge is -2.13. The summed E-state index contributed by atoms with van der Waals surface area (Å²) >= 11 is 0. The largest absolute Gasteiger partial charge is 0.497 e. The van der Waals surface area contributed by atoms with Gasteiger partial charge in [0.2, 0.25) is 0 Å². The number of rotatable bonds is 7. The number of benzene rings is 2. The van der Waals surface area contributed by atoms with Gasteiger partial charge in [-0.2, -0.15) is 0 Å². The first-order valence-corrected chi connectivity index (χ1v) is 7.82. The minimum atomic E-state index is -1.16. The number of aryl methyl sites for hydroxylation is 1. The van der Waals surface area contributed by atoms with Crippen LogP contribution in [0.4, 0.5) is 0 Å². The van der Waals surface area contributed by atoms with Gasteiger partial charge in [-0.1, -0.05) is 29.8 Å². The molecule has 0 aliphatic carbocycles. The molecule has 0 saturated heterocycles. The van der Waals surface area contributed by atoms with Crippen molar-refractivity contribution in [3.05, 3.63) is 65.2 Å². The van der Waals surface area contributed by atoms with Crippen LogP contribution in [0, 0.1) is 12.8 Å². The second-order valence-corrected chi connectivity index (χ2v) is 5.66. The number of ether oxygens (including phenoxy) is 2. The summed E-state index contributed by atoms with van der Waals surface area (Å²) in [5.74, 6) is -1.99. The zero-order valence-electron chi connectivity index (χ0n) is 14.4. The van der Waals surface area contributed by atoms with Gasteiger partial charge in [-0.15, -0.1) is 0 Å². The Morgan fingerprint density at radius 2 is 1.44 bits per heavy atom. The molecule has 0 amide bonds. The Hall–Kier alpha value is -2.95. The average molecular weight is 340 g/mol. The molecule has 0 N–H and O–H groups in total. The molecular formula is C20H20O5. The molecule has 0 heterocycles. The Bertz CT molecular complexity index is 760. The number of carbonyl (C=O) groups excluding carboxylic acids is 3. The molecular weight excluding hydrogens is 320 g/mol. The predicted octanol–water partition coefficient (Wildman–Crippen LogP) is 3.25. The molecule has 2 rings (SSSR count). The van der Waals surface area contributed by atoms with E-state index in [0.717, 1.165) is 5.56 Å². The first-order chi connectivity index (χ1) is 12.0. The van der Waals surface area contributed by atoms with Crippen LogP contribution >= 0.6 is 0 Å². The summed E-state index contributed by atoms with van der Waals surface area (Å²) in [6, 6.07) is 13.4. The van der Waals surface area contributed by atoms with Crippen LogP contribution in [0.2, 0.25) is 0 Å². The van der Waals surface area contributed by atoms with Gasteiger partial charge in [0, 0.05) is 17.5 Å². The van der Waals surface area contributed by atoms with Gasteiger partial charge in [-0.25, -0.2) is 0 Å². The lowest BCUT2D eigenvalue weighted by molar-refractivity contribution is -0.143. The highest BCUT2D eigenvalue weighted by Gasteiger charge is 2.31. The van der Waals surface area contributed by atoms with E-state index >= 15 is 0 Å². The molecule has 0 spiro atoms. The third-order valence-corrected chi connectivity index (χ3v) is 3.94. The number of methoxy groups -OCH3 is 2. The van der Waals surface area contributed by atoms with E-state index in [-0.39, 0.29) is 12.2 Å². The van der Waals surface area contributed by atoms with Crippen molar-refractivity contribution >= 4 is 17.5 Å². The summed E-state index contributed by atoms with van der Waals surface area (Å²) < 4.78 is 9.77. The molecule has 130 valence electrons. The first kappa shape index (κ1) is 18.4. The zero-order valence-corrected chi connectivity index (χ0v) is 14.4. The van der Waals surface area contributed by atoms with Crippen LogP contribution < -0.4 is 4.74 Å². The van der Waals surface area contributed by atoms with Crippen LogP contribution in [-0.4, -0.2) is 31.8 Å². The highest BCUT2D eigenvalue weighted by atomic mass is 16.5. The minimum absolute atomic E-state index is 0.244. The summed E-state index contributed by atoms with van der Waals surface area (Å²) in [4.78, 5) is 37.2. The van der Waals surface area contributed by atoms with Crippen molar-refractivity contribution in [1.82, 2.24) is 0 Å². The van der Waals surface area contributed by atoms with Gasteiger partial charge in [0.1, 0.15) is 11.7 Å². The van der Waals surface area contributed by atoms with E-state index in [1.807, 2.05) is 6.92 Å². The van der Waals surface area contributed by atoms with Gasteiger partial charge >= 0.3 is 5.97 Å². The maximum Gasteiger partial charge on any atom is 0.317 e. The molecule has 0 saturated carbocycles. The Morgan fingerprint density at radius 1 is 0.880 bits per heavy atom. The van der Waals surface area contributed by atoms with Gasteiger partial charge in [0.25, 0.3) is 0 Å². The second-order valence-electron chi connectivity index (χ2n) is 5.66. The van der Waals surface area contributed by atoms with Crippen molar-refractivity contribution in [3.63, 3.8) is 0 Å². The third-order valence-electron chi connectivity index (χ3n) is 3.94. The van der Waals surface area contributed by atoms with Gasteiger partial charge in [0.05, 0.1) is 14.2 Å². The van der Waals surface area contributed by atoms with E-state index in [4.69, 9.17) is 9.47 Å². The van der Waals surface area contributed by atoms with E-state index < -0.39 is 17.7 Å². The zero-order chi connectivity index (χ0) is 18.4. The number of carbonyl (C=O) groups is 3. The number of hydrogen-bond donors (Lipinski definition) is 0. The molecule has 0 aromatic heterocycles. The van der Waals surface area contributed by atoms with Gasteiger partial charge in [-0.3, -0.25) is 14.4 Å². The average Bonchev–Trinajstić information content (AvgIpc) is 2.65. The molecule has 0 fully saturated rings. The normalized spacial score (nSPS) is 11.5. The fraction of sp³-hybridized carbons (Fsp3) is 0.250.